The number of amides is 1. The zero-order valence-corrected chi connectivity index (χ0v) is 22.3. The number of halogens is 2. The molecule has 0 saturated heterocycles. The van der Waals surface area contributed by atoms with Gasteiger partial charge in [0, 0.05) is 24.2 Å². The Bertz CT molecular complexity index is 1430. The Balaban J connectivity index is 1.00. The number of fused-ring (bicyclic) bond motifs is 1. The van der Waals surface area contributed by atoms with Crippen molar-refractivity contribution in [1.82, 2.24) is 20.2 Å². The van der Waals surface area contributed by atoms with Crippen LogP contribution in [0.4, 0.5) is 14.6 Å². The first-order chi connectivity index (χ1) is 18.9. The van der Waals surface area contributed by atoms with Gasteiger partial charge in [0.15, 0.2) is 5.82 Å². The summed E-state index contributed by atoms with van der Waals surface area (Å²) in [6.45, 7) is 2.86. The minimum atomic E-state index is -0.537. The van der Waals surface area contributed by atoms with Crippen molar-refractivity contribution in [2.45, 2.75) is 82.5 Å². The molecule has 1 amide bonds. The summed E-state index contributed by atoms with van der Waals surface area (Å²) in [5.74, 6) is 0.288. The van der Waals surface area contributed by atoms with E-state index in [4.69, 9.17) is 0 Å². The van der Waals surface area contributed by atoms with Crippen LogP contribution >= 0.6 is 0 Å². The maximum atomic E-state index is 14.4. The molecule has 0 aliphatic heterocycles. The molecular weight excluding hydrogens is 496 g/mol. The fourth-order valence-electron chi connectivity index (χ4n) is 7.52. The lowest BCUT2D eigenvalue weighted by atomic mass is 9.87. The van der Waals surface area contributed by atoms with Gasteiger partial charge in [-0.2, -0.15) is 0 Å². The Morgan fingerprint density at radius 3 is 2.87 bits per heavy atom. The van der Waals surface area contributed by atoms with Gasteiger partial charge in [0.1, 0.15) is 18.0 Å². The Morgan fingerprint density at radius 2 is 2.10 bits per heavy atom. The van der Waals surface area contributed by atoms with Crippen molar-refractivity contribution in [3.63, 3.8) is 0 Å². The molecule has 204 valence electrons. The minimum absolute atomic E-state index is 0.0524. The van der Waals surface area contributed by atoms with Crippen molar-refractivity contribution >= 4 is 11.7 Å². The van der Waals surface area contributed by atoms with E-state index < -0.39 is 17.7 Å². The van der Waals surface area contributed by atoms with Crippen LogP contribution in [-0.2, 0) is 24.2 Å². The molecular formula is C31H35F2N5O. The number of hydrogen-bond donors (Lipinski definition) is 3. The van der Waals surface area contributed by atoms with Crippen molar-refractivity contribution in [3.05, 3.63) is 77.2 Å². The summed E-state index contributed by atoms with van der Waals surface area (Å²) in [5.41, 5.74) is 4.58. The Hall–Kier alpha value is -3.10. The number of carbonyl (C=O) groups is 1. The molecule has 3 fully saturated rings. The van der Waals surface area contributed by atoms with Gasteiger partial charge in [-0.3, -0.25) is 4.79 Å². The van der Waals surface area contributed by atoms with Gasteiger partial charge < -0.3 is 20.5 Å². The zero-order chi connectivity index (χ0) is 26.8. The largest absolute Gasteiger partial charge is 0.308 e. The number of benzene rings is 2. The summed E-state index contributed by atoms with van der Waals surface area (Å²) in [7, 11) is 0. The summed E-state index contributed by atoms with van der Waals surface area (Å²) in [5, 5.41) is 10.3. The number of imidazole rings is 1. The highest BCUT2D eigenvalue weighted by molar-refractivity contribution is 5.94. The summed E-state index contributed by atoms with van der Waals surface area (Å²) >= 11 is 0. The molecule has 6 nitrogen and oxygen atoms in total. The van der Waals surface area contributed by atoms with Crippen molar-refractivity contribution in [3.8, 4) is 5.69 Å². The van der Waals surface area contributed by atoms with Crippen LogP contribution in [0.3, 0.4) is 0 Å². The van der Waals surface area contributed by atoms with Gasteiger partial charge in [-0.15, -0.1) is 0 Å². The molecule has 0 radical (unpaired) electrons. The van der Waals surface area contributed by atoms with Crippen LogP contribution in [0.1, 0.15) is 62.1 Å². The molecule has 3 aromatic rings. The molecule has 2 aromatic carbocycles. The average Bonchev–Trinajstić information content (AvgIpc) is 3.54. The Morgan fingerprint density at radius 1 is 1.23 bits per heavy atom. The molecule has 1 unspecified atom stereocenters. The molecule has 0 bridgehead atoms. The molecule has 3 N–H and O–H groups in total. The van der Waals surface area contributed by atoms with Crippen LogP contribution in [0.15, 0.2) is 48.9 Å². The van der Waals surface area contributed by atoms with E-state index in [-0.39, 0.29) is 11.9 Å². The van der Waals surface area contributed by atoms with Crippen molar-refractivity contribution in [2.75, 3.05) is 5.32 Å². The van der Waals surface area contributed by atoms with E-state index in [0.29, 0.717) is 41.6 Å². The molecule has 1 aromatic heterocycles. The highest BCUT2D eigenvalue weighted by Gasteiger charge is 2.88. The fourth-order valence-corrected chi connectivity index (χ4v) is 7.52. The predicted octanol–water partition coefficient (Wildman–Crippen LogP) is 5.05. The molecule has 3 saturated carbocycles. The third kappa shape index (κ3) is 4.28. The lowest BCUT2D eigenvalue weighted by Crippen LogP contribution is -2.48. The topological polar surface area (TPSA) is 71.0 Å². The van der Waals surface area contributed by atoms with Gasteiger partial charge in [-0.25, -0.2) is 13.8 Å². The fraction of sp³-hybridized carbons (Fsp3) is 0.484. The van der Waals surface area contributed by atoms with E-state index in [1.807, 2.05) is 23.8 Å². The second-order valence-corrected chi connectivity index (χ2v) is 12.1. The molecule has 8 heteroatoms. The number of carbonyl (C=O) groups excluding carboxylic acids is 1. The first kappa shape index (κ1) is 24.9. The molecule has 1 heterocycles. The van der Waals surface area contributed by atoms with Gasteiger partial charge in [0.2, 0.25) is 5.91 Å². The van der Waals surface area contributed by atoms with Crippen molar-refractivity contribution in [2.24, 2.45) is 11.3 Å². The summed E-state index contributed by atoms with van der Waals surface area (Å²) in [6.07, 6.45) is 10.9. The number of nitrogens with one attached hydrogen (secondary N) is 3. The van der Waals surface area contributed by atoms with E-state index in [9.17, 15) is 13.6 Å². The highest BCUT2D eigenvalue weighted by Crippen LogP contribution is 2.89. The molecule has 1 spiro atoms. The standard InChI is InChI=1S/C31H35F2N5O/c1-2-5-26(36-23-9-8-19-10-22(32)11-25(33)24(19)12-23)29(39)37-28-16-38(18-34-28)27-7-4-3-6-20(27)15-35-31-14-21-13-30(21,31)17-31/h3-4,6-7,10-11,16,18,21,23,26,35-36H,2,5,8-9,12-15,17H2,1H3,(H,37,39)/t21-,23-,26-,30?,31-/m0/s1. The normalized spacial score (nSPS) is 28.5. The number of aromatic nitrogens is 2. The summed E-state index contributed by atoms with van der Waals surface area (Å²) in [4.78, 5) is 17.8. The van der Waals surface area contributed by atoms with E-state index in [2.05, 4.69) is 39.1 Å². The van der Waals surface area contributed by atoms with E-state index >= 15 is 0 Å². The lowest BCUT2D eigenvalue weighted by Gasteiger charge is -2.29. The van der Waals surface area contributed by atoms with E-state index in [1.165, 1.54) is 30.9 Å². The Kier molecular flexibility index (Phi) is 5.90. The minimum Gasteiger partial charge on any atom is -0.308 e. The van der Waals surface area contributed by atoms with E-state index in [1.54, 1.807) is 6.33 Å². The average molecular weight is 532 g/mol. The third-order valence-electron chi connectivity index (χ3n) is 9.79. The molecule has 7 rings (SSSR count). The molecule has 4 aliphatic rings. The number of para-hydroxylation sites is 1. The number of hydrogen-bond acceptors (Lipinski definition) is 4. The van der Waals surface area contributed by atoms with Crippen LogP contribution in [0.5, 0.6) is 0 Å². The maximum Gasteiger partial charge on any atom is 0.242 e. The smallest absolute Gasteiger partial charge is 0.242 e. The lowest BCUT2D eigenvalue weighted by molar-refractivity contribution is -0.118. The van der Waals surface area contributed by atoms with Crippen molar-refractivity contribution < 1.29 is 13.6 Å². The quantitative estimate of drug-likeness (QED) is 0.343. The van der Waals surface area contributed by atoms with Crippen LogP contribution in [0.25, 0.3) is 5.69 Å². The molecule has 5 atom stereocenters. The van der Waals surface area contributed by atoms with E-state index in [0.717, 1.165) is 42.6 Å². The van der Waals surface area contributed by atoms with Gasteiger partial charge in [0.25, 0.3) is 0 Å². The van der Waals surface area contributed by atoms with Crippen LogP contribution in [-0.4, -0.2) is 33.1 Å². The highest BCUT2D eigenvalue weighted by atomic mass is 19.1. The van der Waals surface area contributed by atoms with Gasteiger partial charge in [-0.05, 0) is 85.1 Å². The first-order valence-electron chi connectivity index (χ1n) is 14.3. The predicted molar refractivity (Wildman–Crippen MR) is 146 cm³/mol. The van der Waals surface area contributed by atoms with Gasteiger partial charge in [-0.1, -0.05) is 31.5 Å². The Labute approximate surface area is 227 Å². The second-order valence-electron chi connectivity index (χ2n) is 12.1. The summed E-state index contributed by atoms with van der Waals surface area (Å²) < 4.78 is 30.0. The number of aryl methyl sites for hydroxylation is 1. The second kappa shape index (κ2) is 9.24. The van der Waals surface area contributed by atoms with Crippen LogP contribution < -0.4 is 16.0 Å². The number of anilines is 1. The van der Waals surface area contributed by atoms with Crippen LogP contribution in [0, 0.1) is 23.0 Å². The SMILES string of the molecule is CCC[C@H](N[C@H]1CCc2cc(F)cc(F)c2C1)C(=O)Nc1cn(-c2ccccc2CN[C@]23C[C@@H]4CC42C3)cn1. The molecule has 39 heavy (non-hydrogen) atoms. The molecule has 4 aliphatic carbocycles. The van der Waals surface area contributed by atoms with Crippen LogP contribution in [0.2, 0.25) is 0 Å². The summed E-state index contributed by atoms with van der Waals surface area (Å²) in [6, 6.07) is 10.2. The first-order valence-corrected chi connectivity index (χ1v) is 14.3. The maximum absolute atomic E-state index is 14.4. The van der Waals surface area contributed by atoms with Gasteiger partial charge >= 0.3 is 0 Å². The van der Waals surface area contributed by atoms with Gasteiger partial charge in [0.05, 0.1) is 17.9 Å². The zero-order valence-electron chi connectivity index (χ0n) is 22.3. The number of nitrogens with zero attached hydrogens (tertiary/aromatic N) is 2. The third-order valence-corrected chi connectivity index (χ3v) is 9.79. The number of rotatable bonds is 10. The monoisotopic (exact) mass is 531 g/mol. The van der Waals surface area contributed by atoms with Crippen molar-refractivity contribution in [1.29, 1.82) is 0 Å².